The molecule has 0 spiro atoms. The van der Waals surface area contributed by atoms with E-state index in [4.69, 9.17) is 16.2 Å². The van der Waals surface area contributed by atoms with E-state index < -0.39 is 5.60 Å². The number of hydrogen-bond acceptors (Lipinski definition) is 5. The number of allylic oxidation sites excluding steroid dienone is 1. The topological polar surface area (TPSA) is 94.4 Å². The lowest BCUT2D eigenvalue weighted by Crippen LogP contribution is -2.19. The minimum atomic E-state index is -0.717. The summed E-state index contributed by atoms with van der Waals surface area (Å²) in [5, 5.41) is 9.61. The lowest BCUT2D eigenvalue weighted by Gasteiger charge is -2.16. The van der Waals surface area contributed by atoms with Crippen molar-refractivity contribution in [2.45, 2.75) is 32.3 Å². The molecule has 0 aromatic carbocycles. The summed E-state index contributed by atoms with van der Waals surface area (Å²) in [7, 11) is 1.54. The first kappa shape index (κ1) is 14.3. The normalized spacial score (nSPS) is 12.6. The third kappa shape index (κ3) is 4.63. The van der Waals surface area contributed by atoms with E-state index >= 15 is 0 Å². The van der Waals surface area contributed by atoms with E-state index in [1.54, 1.807) is 39.3 Å². The summed E-state index contributed by atoms with van der Waals surface area (Å²) in [6, 6.07) is 1.70. The maximum absolute atomic E-state index is 9.61. The first-order chi connectivity index (χ1) is 8.31. The number of anilines is 1. The highest BCUT2D eigenvalue weighted by Crippen LogP contribution is 2.21. The van der Waals surface area contributed by atoms with Gasteiger partial charge in [0.15, 0.2) is 5.75 Å². The molecule has 5 N–H and O–H groups in total. The van der Waals surface area contributed by atoms with Crippen LogP contribution >= 0.6 is 0 Å². The van der Waals surface area contributed by atoms with E-state index in [9.17, 15) is 5.11 Å². The number of nitrogen functional groups attached to an aromatic ring is 1. The Balaban J connectivity index is 2.73. The van der Waals surface area contributed by atoms with Crippen molar-refractivity contribution < 1.29 is 9.84 Å². The Labute approximate surface area is 107 Å². The van der Waals surface area contributed by atoms with Crippen LogP contribution in [0.4, 0.5) is 5.69 Å². The fourth-order valence-electron chi connectivity index (χ4n) is 1.44. The molecule has 5 nitrogen and oxygen atoms in total. The number of ether oxygens (including phenoxy) is 1. The molecule has 5 heteroatoms. The summed E-state index contributed by atoms with van der Waals surface area (Å²) >= 11 is 0. The zero-order valence-corrected chi connectivity index (χ0v) is 11.1. The molecule has 0 aliphatic heterocycles. The summed E-state index contributed by atoms with van der Waals surface area (Å²) in [4.78, 5) is 4.17. The lowest BCUT2D eigenvalue weighted by atomic mass is 10.0. The zero-order chi connectivity index (χ0) is 13.8. The maximum atomic E-state index is 9.61. The molecule has 18 heavy (non-hydrogen) atoms. The summed E-state index contributed by atoms with van der Waals surface area (Å²) < 4.78 is 5.02. The van der Waals surface area contributed by atoms with Crippen molar-refractivity contribution >= 4 is 11.8 Å². The van der Waals surface area contributed by atoms with Crippen LogP contribution in [0.1, 0.15) is 32.4 Å². The highest BCUT2D eigenvalue weighted by molar-refractivity contribution is 5.59. The van der Waals surface area contributed by atoms with Gasteiger partial charge >= 0.3 is 0 Å². The summed E-state index contributed by atoms with van der Waals surface area (Å²) in [6.07, 6.45) is 4.52. The van der Waals surface area contributed by atoms with Gasteiger partial charge in [0.25, 0.3) is 0 Å². The van der Waals surface area contributed by atoms with Crippen molar-refractivity contribution in [1.82, 2.24) is 4.98 Å². The van der Waals surface area contributed by atoms with Crippen molar-refractivity contribution in [2.24, 2.45) is 5.73 Å². The molecule has 100 valence electrons. The molecule has 0 amide bonds. The highest BCUT2D eigenvalue weighted by Gasteiger charge is 2.12. The predicted octanol–water partition coefficient (Wildman–Crippen LogP) is 1.52. The van der Waals surface area contributed by atoms with Crippen molar-refractivity contribution in [3.8, 4) is 5.75 Å². The molecule has 0 saturated heterocycles. The number of hydrogen-bond donors (Lipinski definition) is 3. The number of nitrogens with two attached hydrogens (primary N) is 2. The zero-order valence-electron chi connectivity index (χ0n) is 11.1. The molecule has 0 radical (unpaired) electrons. The Morgan fingerprint density at radius 3 is 2.72 bits per heavy atom. The van der Waals surface area contributed by atoms with E-state index in [1.165, 1.54) is 0 Å². The molecule has 0 aliphatic carbocycles. The fourth-order valence-corrected chi connectivity index (χ4v) is 1.44. The van der Waals surface area contributed by atoms with Crippen LogP contribution in [0, 0.1) is 0 Å². The van der Waals surface area contributed by atoms with Crippen LogP contribution in [0.15, 0.2) is 18.0 Å². The van der Waals surface area contributed by atoms with Gasteiger partial charge in [-0.3, -0.25) is 4.98 Å². The Morgan fingerprint density at radius 1 is 1.56 bits per heavy atom. The van der Waals surface area contributed by atoms with Gasteiger partial charge in [0.1, 0.15) is 0 Å². The highest BCUT2D eigenvalue weighted by atomic mass is 16.5. The van der Waals surface area contributed by atoms with Gasteiger partial charge in [-0.1, -0.05) is 0 Å². The Bertz CT molecular complexity index is 436. The van der Waals surface area contributed by atoms with Crippen LogP contribution < -0.4 is 16.2 Å². The van der Waals surface area contributed by atoms with Crippen LogP contribution in [0.25, 0.3) is 6.08 Å². The summed E-state index contributed by atoms with van der Waals surface area (Å²) in [5.41, 5.74) is 12.8. The van der Waals surface area contributed by atoms with Crippen LogP contribution in [0.3, 0.4) is 0 Å². The molecule has 1 heterocycles. The number of nitrogens with zero attached hydrogens (tertiary/aromatic N) is 1. The van der Waals surface area contributed by atoms with Crippen LogP contribution in [0.5, 0.6) is 5.75 Å². The van der Waals surface area contributed by atoms with Gasteiger partial charge in [-0.05, 0) is 38.8 Å². The SMILES string of the molecule is COc1cnc(/C=C(\N)CCC(C)(C)O)cc1N. The minimum absolute atomic E-state index is 0.522. The predicted molar refractivity (Wildman–Crippen MR) is 72.9 cm³/mol. The number of rotatable bonds is 5. The molecule has 0 bridgehead atoms. The van der Waals surface area contributed by atoms with Gasteiger partial charge in [-0.2, -0.15) is 0 Å². The standard InChI is InChI=1S/C13H21N3O2/c1-13(2,17)5-4-9(14)6-10-7-11(15)12(18-3)8-16-10/h6-8,17H,4-5,14H2,1-3H3,(H2,15,16)/b9-6-. The monoisotopic (exact) mass is 251 g/mol. The number of aliphatic hydroxyl groups is 1. The second-order valence-corrected chi connectivity index (χ2v) is 4.88. The van der Waals surface area contributed by atoms with Gasteiger partial charge in [0, 0.05) is 5.70 Å². The van der Waals surface area contributed by atoms with E-state index in [0.29, 0.717) is 35.7 Å². The molecular weight excluding hydrogens is 230 g/mol. The largest absolute Gasteiger partial charge is 0.493 e. The van der Waals surface area contributed by atoms with Crippen molar-refractivity contribution in [1.29, 1.82) is 0 Å². The molecule has 0 saturated carbocycles. The minimum Gasteiger partial charge on any atom is -0.493 e. The smallest absolute Gasteiger partial charge is 0.160 e. The van der Waals surface area contributed by atoms with Crippen LogP contribution in [-0.2, 0) is 0 Å². The van der Waals surface area contributed by atoms with E-state index in [1.807, 2.05) is 0 Å². The number of aromatic nitrogens is 1. The first-order valence-electron chi connectivity index (χ1n) is 5.80. The van der Waals surface area contributed by atoms with Gasteiger partial charge in [0.05, 0.1) is 30.3 Å². The average Bonchev–Trinajstić information content (AvgIpc) is 2.26. The third-order valence-corrected chi connectivity index (χ3v) is 2.50. The average molecular weight is 251 g/mol. The lowest BCUT2D eigenvalue weighted by molar-refractivity contribution is 0.0713. The van der Waals surface area contributed by atoms with Gasteiger partial charge < -0.3 is 21.3 Å². The van der Waals surface area contributed by atoms with E-state index in [-0.39, 0.29) is 0 Å². The second kappa shape index (κ2) is 5.73. The van der Waals surface area contributed by atoms with Crippen molar-refractivity contribution in [3.63, 3.8) is 0 Å². The molecule has 1 rings (SSSR count). The molecular formula is C13H21N3O2. The molecule has 1 aromatic rings. The molecule has 0 aliphatic rings. The summed E-state index contributed by atoms with van der Waals surface area (Å²) in [6.45, 7) is 3.51. The first-order valence-corrected chi connectivity index (χ1v) is 5.80. The van der Waals surface area contributed by atoms with Gasteiger partial charge in [-0.25, -0.2) is 0 Å². The maximum Gasteiger partial charge on any atom is 0.160 e. The Morgan fingerprint density at radius 2 is 2.22 bits per heavy atom. The van der Waals surface area contributed by atoms with E-state index in [0.717, 1.165) is 0 Å². The van der Waals surface area contributed by atoms with Crippen LogP contribution in [0.2, 0.25) is 0 Å². The van der Waals surface area contributed by atoms with E-state index in [2.05, 4.69) is 4.98 Å². The summed E-state index contributed by atoms with van der Waals surface area (Å²) in [5.74, 6) is 0.544. The van der Waals surface area contributed by atoms with Crippen molar-refractivity contribution in [2.75, 3.05) is 12.8 Å². The Kier molecular flexibility index (Phi) is 4.55. The van der Waals surface area contributed by atoms with Gasteiger partial charge in [0.2, 0.25) is 0 Å². The molecule has 0 fully saturated rings. The van der Waals surface area contributed by atoms with Crippen molar-refractivity contribution in [3.05, 3.63) is 23.7 Å². The quantitative estimate of drug-likeness (QED) is 0.737. The second-order valence-electron chi connectivity index (χ2n) is 4.88. The third-order valence-electron chi connectivity index (χ3n) is 2.50. The Hall–Kier alpha value is -1.75. The fraction of sp³-hybridized carbons (Fsp3) is 0.462. The molecule has 1 aromatic heterocycles. The number of pyridine rings is 1. The molecule has 0 atom stereocenters. The molecule has 0 unspecified atom stereocenters. The van der Waals surface area contributed by atoms with Crippen LogP contribution in [-0.4, -0.2) is 22.8 Å². The number of methoxy groups -OCH3 is 1. The van der Waals surface area contributed by atoms with Gasteiger partial charge in [-0.15, -0.1) is 0 Å².